The first-order valence-corrected chi connectivity index (χ1v) is 7.78. The predicted octanol–water partition coefficient (Wildman–Crippen LogP) is 2.90. The van der Waals surface area contributed by atoms with Crippen LogP contribution in [0.4, 0.5) is 11.6 Å². The van der Waals surface area contributed by atoms with E-state index in [0.717, 1.165) is 25.3 Å². The number of nitro groups is 1. The molecule has 0 N–H and O–H groups in total. The van der Waals surface area contributed by atoms with E-state index in [4.69, 9.17) is 0 Å². The van der Waals surface area contributed by atoms with Crippen LogP contribution in [0.2, 0.25) is 0 Å². The Hall–Kier alpha value is -2.18. The third-order valence-corrected chi connectivity index (χ3v) is 4.17. The molecule has 0 radical (unpaired) electrons. The molecule has 7 nitrogen and oxygen atoms in total. The van der Waals surface area contributed by atoms with E-state index in [1.54, 1.807) is 6.07 Å². The molecule has 1 aliphatic rings. The van der Waals surface area contributed by atoms with Crippen molar-refractivity contribution in [2.45, 2.75) is 33.1 Å². The smallest absolute Gasteiger partial charge is 0.358 e. The Morgan fingerprint density at radius 3 is 3.00 bits per heavy atom. The molecule has 7 heteroatoms. The van der Waals surface area contributed by atoms with Gasteiger partial charge >= 0.3 is 5.82 Å². The van der Waals surface area contributed by atoms with E-state index in [1.165, 1.54) is 23.6 Å². The van der Waals surface area contributed by atoms with Gasteiger partial charge in [-0.15, -0.1) is 0 Å². The van der Waals surface area contributed by atoms with E-state index in [0.29, 0.717) is 17.5 Å². The summed E-state index contributed by atoms with van der Waals surface area (Å²) in [6, 6.07) is 3.70. The van der Waals surface area contributed by atoms with Gasteiger partial charge in [0.15, 0.2) is 5.82 Å². The third kappa shape index (κ3) is 2.88. The maximum Gasteiger partial charge on any atom is 0.368 e. The lowest BCUT2D eigenvalue weighted by atomic mass is 9.90. The molecule has 0 aromatic carbocycles. The highest BCUT2D eigenvalue weighted by molar-refractivity contribution is 5.49. The standard InChI is InChI=1S/C15H21N5O2/c1-11(2)8-12-4-3-7-18(10-12)14-6-5-13-16-9-15(20(21)22)19(13)17-14/h5-6,9,11-12H,3-4,7-8,10H2,1-2H3. The van der Waals surface area contributed by atoms with E-state index >= 15 is 0 Å². The van der Waals surface area contributed by atoms with Crippen molar-refractivity contribution in [2.75, 3.05) is 18.0 Å². The first kappa shape index (κ1) is 14.7. The highest BCUT2D eigenvalue weighted by Gasteiger charge is 2.24. The van der Waals surface area contributed by atoms with Gasteiger partial charge in [-0.1, -0.05) is 23.5 Å². The van der Waals surface area contributed by atoms with E-state index in [-0.39, 0.29) is 5.82 Å². The molecule has 1 aliphatic heterocycles. The Bertz CT molecular complexity index is 682. The van der Waals surface area contributed by atoms with Crippen molar-refractivity contribution in [3.63, 3.8) is 0 Å². The van der Waals surface area contributed by atoms with Crippen LogP contribution in [-0.2, 0) is 0 Å². The molecule has 22 heavy (non-hydrogen) atoms. The molecular formula is C15H21N5O2. The van der Waals surface area contributed by atoms with Crippen molar-refractivity contribution in [2.24, 2.45) is 11.8 Å². The molecule has 0 saturated carbocycles. The van der Waals surface area contributed by atoms with E-state index in [1.807, 2.05) is 6.07 Å². The number of hydrogen-bond donors (Lipinski definition) is 0. The molecule has 1 saturated heterocycles. The molecule has 3 heterocycles. The molecule has 1 unspecified atom stereocenters. The number of fused-ring (bicyclic) bond motifs is 1. The number of piperidine rings is 1. The van der Waals surface area contributed by atoms with Crippen molar-refractivity contribution >= 4 is 17.3 Å². The minimum absolute atomic E-state index is 0.0902. The second kappa shape index (κ2) is 5.90. The number of imidazole rings is 1. The number of rotatable bonds is 4. The second-order valence-electron chi connectivity index (χ2n) is 6.42. The van der Waals surface area contributed by atoms with Crippen LogP contribution in [0, 0.1) is 22.0 Å². The average molecular weight is 303 g/mol. The number of nitrogens with zero attached hydrogens (tertiary/aromatic N) is 5. The third-order valence-electron chi connectivity index (χ3n) is 4.17. The molecule has 0 aliphatic carbocycles. The van der Waals surface area contributed by atoms with Crippen molar-refractivity contribution in [1.29, 1.82) is 0 Å². The number of hydrogen-bond acceptors (Lipinski definition) is 5. The molecular weight excluding hydrogens is 282 g/mol. The lowest BCUT2D eigenvalue weighted by molar-refractivity contribution is -0.391. The van der Waals surface area contributed by atoms with Crippen molar-refractivity contribution < 1.29 is 4.92 Å². The summed E-state index contributed by atoms with van der Waals surface area (Å²) in [5.74, 6) is 2.06. The van der Waals surface area contributed by atoms with Gasteiger partial charge in [0, 0.05) is 19.2 Å². The van der Waals surface area contributed by atoms with E-state index < -0.39 is 4.92 Å². The van der Waals surface area contributed by atoms with Crippen LogP contribution in [0.15, 0.2) is 18.3 Å². The molecule has 2 aromatic rings. The van der Waals surface area contributed by atoms with Crippen LogP contribution in [-0.4, -0.2) is 32.6 Å². The zero-order valence-electron chi connectivity index (χ0n) is 13.0. The van der Waals surface area contributed by atoms with E-state index in [9.17, 15) is 10.1 Å². The van der Waals surface area contributed by atoms with E-state index in [2.05, 4.69) is 28.8 Å². The maximum absolute atomic E-state index is 11.0. The quantitative estimate of drug-likeness (QED) is 0.641. The minimum atomic E-state index is -0.450. The van der Waals surface area contributed by atoms with Crippen LogP contribution >= 0.6 is 0 Å². The van der Waals surface area contributed by atoms with Crippen molar-refractivity contribution in [3.05, 3.63) is 28.4 Å². The molecule has 118 valence electrons. The lowest BCUT2D eigenvalue weighted by Crippen LogP contribution is -2.36. The van der Waals surface area contributed by atoms with Gasteiger partial charge < -0.3 is 15.0 Å². The van der Waals surface area contributed by atoms with Gasteiger partial charge in [0.1, 0.15) is 6.20 Å². The van der Waals surface area contributed by atoms with Gasteiger partial charge in [0.25, 0.3) is 0 Å². The van der Waals surface area contributed by atoms with Crippen LogP contribution in [0.25, 0.3) is 5.65 Å². The summed E-state index contributed by atoms with van der Waals surface area (Å²) in [5.41, 5.74) is 0.506. The van der Waals surface area contributed by atoms with Gasteiger partial charge in [-0.25, -0.2) is 4.98 Å². The summed E-state index contributed by atoms with van der Waals surface area (Å²) in [4.78, 5) is 16.8. The van der Waals surface area contributed by atoms with Crippen molar-refractivity contribution in [1.82, 2.24) is 14.6 Å². The van der Waals surface area contributed by atoms with Crippen LogP contribution < -0.4 is 4.90 Å². The summed E-state index contributed by atoms with van der Waals surface area (Å²) < 4.78 is 1.32. The zero-order valence-corrected chi connectivity index (χ0v) is 13.0. The van der Waals surface area contributed by atoms with Crippen LogP contribution in [0.3, 0.4) is 0 Å². The topological polar surface area (TPSA) is 76.6 Å². The summed E-state index contributed by atoms with van der Waals surface area (Å²) in [5, 5.41) is 15.5. The Morgan fingerprint density at radius 2 is 2.27 bits per heavy atom. The SMILES string of the molecule is CC(C)CC1CCCN(c2ccc3ncc([N+](=O)[O-])n3n2)C1. The average Bonchev–Trinajstić information content (AvgIpc) is 2.90. The molecule has 1 atom stereocenters. The molecule has 3 rings (SSSR count). The first-order valence-electron chi connectivity index (χ1n) is 7.78. The fourth-order valence-corrected chi connectivity index (χ4v) is 3.28. The zero-order chi connectivity index (χ0) is 15.7. The Kier molecular flexibility index (Phi) is 3.96. The summed E-state index contributed by atoms with van der Waals surface area (Å²) >= 11 is 0. The Labute approximate surface area is 129 Å². The fourth-order valence-electron chi connectivity index (χ4n) is 3.28. The summed E-state index contributed by atoms with van der Waals surface area (Å²) in [6.45, 7) is 6.42. The van der Waals surface area contributed by atoms with Gasteiger partial charge in [-0.05, 0) is 42.1 Å². The highest BCUT2D eigenvalue weighted by atomic mass is 16.6. The maximum atomic E-state index is 11.0. The van der Waals surface area contributed by atoms with Gasteiger partial charge in [0.2, 0.25) is 5.65 Å². The number of anilines is 1. The first-order chi connectivity index (χ1) is 10.5. The molecule has 2 aromatic heterocycles. The van der Waals surface area contributed by atoms with Gasteiger partial charge in [-0.3, -0.25) is 0 Å². The molecule has 0 bridgehead atoms. The van der Waals surface area contributed by atoms with Crippen LogP contribution in [0.5, 0.6) is 0 Å². The molecule has 1 fully saturated rings. The van der Waals surface area contributed by atoms with Gasteiger partial charge in [0.05, 0.1) is 0 Å². The molecule has 0 spiro atoms. The van der Waals surface area contributed by atoms with Crippen molar-refractivity contribution in [3.8, 4) is 0 Å². The Balaban J connectivity index is 1.86. The summed E-state index contributed by atoms with van der Waals surface area (Å²) in [7, 11) is 0. The van der Waals surface area contributed by atoms with Crippen LogP contribution in [0.1, 0.15) is 33.1 Å². The monoisotopic (exact) mass is 303 g/mol. The largest absolute Gasteiger partial charge is 0.368 e. The normalized spacial score (nSPS) is 19.0. The molecule has 0 amide bonds. The second-order valence-corrected chi connectivity index (χ2v) is 6.42. The summed E-state index contributed by atoms with van der Waals surface area (Å²) in [6.07, 6.45) is 4.86. The van der Waals surface area contributed by atoms with Gasteiger partial charge in [-0.2, -0.15) is 0 Å². The Morgan fingerprint density at radius 1 is 1.45 bits per heavy atom. The lowest BCUT2D eigenvalue weighted by Gasteiger charge is -2.33. The number of aromatic nitrogens is 3. The fraction of sp³-hybridized carbons (Fsp3) is 0.600. The minimum Gasteiger partial charge on any atom is -0.358 e. The predicted molar refractivity (Wildman–Crippen MR) is 84.0 cm³/mol. The highest BCUT2D eigenvalue weighted by Crippen LogP contribution is 2.26.